The zero-order valence-electron chi connectivity index (χ0n) is 15.2. The molecule has 0 aliphatic heterocycles. The van der Waals surface area contributed by atoms with Crippen LogP contribution in [0.1, 0.15) is 29.5 Å². The lowest BCUT2D eigenvalue weighted by atomic mass is 9.94. The molecule has 2 aromatic carbocycles. The number of amides is 2. The number of nitrogens with zero attached hydrogens (tertiary/aromatic N) is 1. The van der Waals surface area contributed by atoms with Crippen molar-refractivity contribution in [3.8, 4) is 6.07 Å². The van der Waals surface area contributed by atoms with Crippen LogP contribution in [-0.4, -0.2) is 17.9 Å². The number of hydrogen-bond acceptors (Lipinski definition) is 3. The molecule has 4 rings (SSSR count). The van der Waals surface area contributed by atoms with Crippen LogP contribution in [0.4, 0.5) is 10.1 Å². The Kier molecular flexibility index (Phi) is 4.82. The zero-order valence-corrected chi connectivity index (χ0v) is 15.2. The highest BCUT2D eigenvalue weighted by Gasteiger charge is 2.40. The Morgan fingerprint density at radius 3 is 2.25 bits per heavy atom. The van der Waals surface area contributed by atoms with Crippen LogP contribution in [0.15, 0.2) is 42.5 Å². The third kappa shape index (κ3) is 3.48. The van der Waals surface area contributed by atoms with Gasteiger partial charge in [-0.3, -0.25) is 9.59 Å². The maximum absolute atomic E-state index is 13.4. The Hall–Kier alpha value is -3.20. The number of anilines is 1. The van der Waals surface area contributed by atoms with Crippen molar-refractivity contribution in [3.63, 3.8) is 0 Å². The summed E-state index contributed by atoms with van der Waals surface area (Å²) in [6.07, 6.45) is 3.88. The van der Waals surface area contributed by atoms with Crippen molar-refractivity contribution in [1.82, 2.24) is 5.32 Å². The smallest absolute Gasteiger partial charge is 0.313 e. The van der Waals surface area contributed by atoms with Gasteiger partial charge in [0.05, 0.1) is 5.56 Å². The Labute approximate surface area is 162 Å². The van der Waals surface area contributed by atoms with E-state index in [4.69, 9.17) is 5.26 Å². The first-order valence-corrected chi connectivity index (χ1v) is 9.43. The fraction of sp³-hybridized carbons (Fsp3) is 0.318. The summed E-state index contributed by atoms with van der Waals surface area (Å²) in [5, 5.41) is 14.3. The van der Waals surface area contributed by atoms with Gasteiger partial charge in [-0.25, -0.2) is 4.39 Å². The van der Waals surface area contributed by atoms with Crippen molar-refractivity contribution >= 4 is 17.5 Å². The number of rotatable bonds is 2. The molecule has 0 radical (unpaired) electrons. The Bertz CT molecular complexity index is 949. The highest BCUT2D eigenvalue weighted by molar-refractivity contribution is 6.39. The van der Waals surface area contributed by atoms with Gasteiger partial charge in [-0.05, 0) is 66.8 Å². The lowest BCUT2D eigenvalue weighted by Gasteiger charge is -2.23. The van der Waals surface area contributed by atoms with Crippen molar-refractivity contribution in [3.05, 3.63) is 65.0 Å². The van der Waals surface area contributed by atoms with E-state index in [0.29, 0.717) is 11.8 Å². The van der Waals surface area contributed by atoms with E-state index in [1.165, 1.54) is 23.3 Å². The second kappa shape index (κ2) is 7.43. The van der Waals surface area contributed by atoms with Crippen molar-refractivity contribution in [2.24, 2.45) is 11.8 Å². The molecule has 2 aliphatic carbocycles. The lowest BCUT2D eigenvalue weighted by Crippen LogP contribution is -2.46. The Morgan fingerprint density at radius 2 is 1.64 bits per heavy atom. The molecule has 0 aromatic heterocycles. The van der Waals surface area contributed by atoms with Crippen LogP contribution < -0.4 is 10.6 Å². The van der Waals surface area contributed by atoms with Gasteiger partial charge >= 0.3 is 11.8 Å². The van der Waals surface area contributed by atoms with Crippen molar-refractivity contribution in [2.75, 3.05) is 5.32 Å². The lowest BCUT2D eigenvalue weighted by molar-refractivity contribution is -0.137. The molecule has 2 bridgehead atoms. The maximum atomic E-state index is 13.4. The van der Waals surface area contributed by atoms with Crippen LogP contribution in [0.5, 0.6) is 0 Å². The minimum absolute atomic E-state index is 0.0338. The third-order valence-corrected chi connectivity index (χ3v) is 5.86. The van der Waals surface area contributed by atoms with Gasteiger partial charge in [0, 0.05) is 11.7 Å². The van der Waals surface area contributed by atoms with Crippen molar-refractivity contribution in [1.29, 1.82) is 5.26 Å². The molecular weight excluding hydrogens is 357 g/mol. The number of nitrogens with one attached hydrogen (secondary N) is 2. The molecule has 0 saturated heterocycles. The van der Waals surface area contributed by atoms with Crippen LogP contribution in [0.25, 0.3) is 0 Å². The third-order valence-electron chi connectivity index (χ3n) is 5.86. The number of nitriles is 1. The number of benzene rings is 2. The molecule has 2 N–H and O–H groups in total. The predicted molar refractivity (Wildman–Crippen MR) is 102 cm³/mol. The van der Waals surface area contributed by atoms with Gasteiger partial charge in [0.1, 0.15) is 11.9 Å². The molecule has 2 amide bonds. The van der Waals surface area contributed by atoms with E-state index in [9.17, 15) is 14.0 Å². The van der Waals surface area contributed by atoms with E-state index in [1.54, 1.807) is 6.07 Å². The maximum Gasteiger partial charge on any atom is 0.313 e. The van der Waals surface area contributed by atoms with Crippen LogP contribution in [0.3, 0.4) is 0 Å². The van der Waals surface area contributed by atoms with Crippen LogP contribution in [0.2, 0.25) is 0 Å². The van der Waals surface area contributed by atoms with Gasteiger partial charge in [0.25, 0.3) is 0 Å². The van der Waals surface area contributed by atoms with Gasteiger partial charge in [-0.1, -0.05) is 24.3 Å². The van der Waals surface area contributed by atoms with Gasteiger partial charge in [-0.2, -0.15) is 5.26 Å². The highest BCUT2D eigenvalue weighted by atomic mass is 19.1. The largest absolute Gasteiger partial charge is 0.345 e. The molecule has 1 fully saturated rings. The fourth-order valence-electron chi connectivity index (χ4n) is 4.48. The number of halogens is 1. The summed E-state index contributed by atoms with van der Waals surface area (Å²) >= 11 is 0. The number of hydrogen-bond donors (Lipinski definition) is 2. The normalized spacial score (nSPS) is 22.5. The van der Waals surface area contributed by atoms with E-state index >= 15 is 0 Å². The molecule has 6 heteroatoms. The van der Waals surface area contributed by atoms with Gasteiger partial charge in [0.15, 0.2) is 0 Å². The minimum atomic E-state index is -0.809. The first-order valence-electron chi connectivity index (χ1n) is 9.43. The second-order valence-electron chi connectivity index (χ2n) is 7.53. The number of fused-ring (bicyclic) bond motifs is 3. The van der Waals surface area contributed by atoms with E-state index in [2.05, 4.69) is 22.8 Å². The topological polar surface area (TPSA) is 82.0 Å². The Balaban J connectivity index is 1.44. The van der Waals surface area contributed by atoms with Crippen LogP contribution in [-0.2, 0) is 22.4 Å². The van der Waals surface area contributed by atoms with E-state index in [0.717, 1.165) is 31.7 Å². The first-order chi connectivity index (χ1) is 13.5. The second-order valence-corrected chi connectivity index (χ2v) is 7.53. The monoisotopic (exact) mass is 377 g/mol. The van der Waals surface area contributed by atoms with Crippen molar-refractivity contribution < 1.29 is 14.0 Å². The molecule has 2 unspecified atom stereocenters. The van der Waals surface area contributed by atoms with E-state index < -0.39 is 17.6 Å². The molecule has 1 saturated carbocycles. The molecule has 2 atom stereocenters. The molecule has 28 heavy (non-hydrogen) atoms. The van der Waals surface area contributed by atoms with Gasteiger partial charge in [-0.15, -0.1) is 0 Å². The SMILES string of the molecule is N#Cc1cc(NC(=O)C(=O)NC2C3CCC2Cc2ccccc2C3)ccc1F. The standard InChI is InChI=1S/C22H20FN3O2/c23-19-8-7-18(11-17(19)12-24)25-21(27)22(28)26-20-15-5-6-16(20)10-14-4-2-1-3-13(14)9-15/h1-4,7-8,11,15-16,20H,5-6,9-10H2,(H,25,27)(H,26,28). The van der Waals surface area contributed by atoms with Crippen LogP contribution in [0, 0.1) is 29.0 Å². The molecule has 2 aliphatic rings. The van der Waals surface area contributed by atoms with Gasteiger partial charge < -0.3 is 10.6 Å². The number of carbonyl (C=O) groups excluding carboxylic acids is 2. The van der Waals surface area contributed by atoms with Crippen molar-refractivity contribution in [2.45, 2.75) is 31.7 Å². The average Bonchev–Trinajstić information content (AvgIpc) is 2.96. The molecule has 0 heterocycles. The first kappa shape index (κ1) is 18.2. The summed E-state index contributed by atoms with van der Waals surface area (Å²) in [6.45, 7) is 0. The predicted octanol–water partition coefficient (Wildman–Crippen LogP) is 2.95. The summed E-state index contributed by atoms with van der Waals surface area (Å²) in [7, 11) is 0. The summed E-state index contributed by atoms with van der Waals surface area (Å²) < 4.78 is 13.4. The molecule has 5 nitrogen and oxygen atoms in total. The quantitative estimate of drug-likeness (QED) is 0.790. The summed E-state index contributed by atoms with van der Waals surface area (Å²) in [6, 6.07) is 13.7. The average molecular weight is 377 g/mol. The zero-order chi connectivity index (χ0) is 19.7. The Morgan fingerprint density at radius 1 is 1.00 bits per heavy atom. The summed E-state index contributed by atoms with van der Waals surface area (Å²) in [5.41, 5.74) is 2.69. The molecular formula is C22H20FN3O2. The number of carbonyl (C=O) groups is 2. The van der Waals surface area contributed by atoms with E-state index in [1.807, 2.05) is 12.1 Å². The highest BCUT2D eigenvalue weighted by Crippen LogP contribution is 2.40. The van der Waals surface area contributed by atoms with Gasteiger partial charge in [0.2, 0.25) is 0 Å². The summed E-state index contributed by atoms with van der Waals surface area (Å²) in [4.78, 5) is 24.8. The fourth-order valence-corrected chi connectivity index (χ4v) is 4.48. The molecule has 0 spiro atoms. The summed E-state index contributed by atoms with van der Waals surface area (Å²) in [5.74, 6) is -1.53. The molecule has 142 valence electrons. The van der Waals surface area contributed by atoms with Crippen LogP contribution >= 0.6 is 0 Å². The van der Waals surface area contributed by atoms with E-state index in [-0.39, 0.29) is 17.3 Å². The minimum Gasteiger partial charge on any atom is -0.345 e. The molecule has 2 aromatic rings.